The molecule has 0 radical (unpaired) electrons. The molecule has 2 rings (SSSR count). The Balaban J connectivity index is 2.55. The van der Waals surface area contributed by atoms with Crippen LogP contribution in [0.1, 0.15) is 29.8 Å². The van der Waals surface area contributed by atoms with Crippen LogP contribution in [0.4, 0.5) is 4.39 Å². The van der Waals surface area contributed by atoms with Gasteiger partial charge >= 0.3 is 5.97 Å². The highest BCUT2D eigenvalue weighted by molar-refractivity contribution is 5.78. The maximum atomic E-state index is 13.9. The quantitative estimate of drug-likeness (QED) is 0.810. The summed E-state index contributed by atoms with van der Waals surface area (Å²) in [6.07, 6.45) is 0. The van der Waals surface area contributed by atoms with Crippen molar-refractivity contribution in [2.24, 2.45) is 0 Å². The van der Waals surface area contributed by atoms with Crippen LogP contribution >= 0.6 is 0 Å². The molecule has 0 aliphatic rings. The lowest BCUT2D eigenvalue weighted by atomic mass is 9.99. The summed E-state index contributed by atoms with van der Waals surface area (Å²) in [6, 6.07) is 6.41. The second-order valence-corrected chi connectivity index (χ2v) is 4.69. The number of ether oxygens (including phenoxy) is 1. The Morgan fingerprint density at radius 1 is 1.35 bits per heavy atom. The van der Waals surface area contributed by atoms with E-state index in [1.165, 1.54) is 17.9 Å². The molecular formula is C15H17FN2O2. The molecule has 2 aromatic rings. The number of carbonyl (C=O) groups is 1. The van der Waals surface area contributed by atoms with Crippen molar-refractivity contribution in [2.45, 2.75) is 26.7 Å². The maximum absolute atomic E-state index is 13.9. The third-order valence-corrected chi connectivity index (χ3v) is 3.42. The minimum Gasteiger partial charge on any atom is -0.469 e. The lowest BCUT2D eigenvalue weighted by Crippen LogP contribution is -2.12. The van der Waals surface area contributed by atoms with E-state index < -0.39 is 5.92 Å². The zero-order chi connectivity index (χ0) is 14.9. The molecule has 0 N–H and O–H groups in total. The van der Waals surface area contributed by atoms with E-state index >= 15 is 0 Å². The zero-order valence-corrected chi connectivity index (χ0v) is 12.0. The maximum Gasteiger partial charge on any atom is 0.312 e. The van der Waals surface area contributed by atoms with Crippen LogP contribution in [0.25, 0.3) is 5.69 Å². The average molecular weight is 276 g/mol. The van der Waals surface area contributed by atoms with Crippen molar-refractivity contribution in [2.75, 3.05) is 7.11 Å². The molecule has 0 amide bonds. The molecule has 0 spiro atoms. The van der Waals surface area contributed by atoms with Crippen molar-refractivity contribution in [1.29, 1.82) is 0 Å². The minimum absolute atomic E-state index is 0.329. The fourth-order valence-corrected chi connectivity index (χ4v) is 2.43. The van der Waals surface area contributed by atoms with Gasteiger partial charge in [0.25, 0.3) is 0 Å². The molecule has 0 bridgehead atoms. The van der Waals surface area contributed by atoms with Crippen molar-refractivity contribution in [1.82, 2.24) is 9.78 Å². The van der Waals surface area contributed by atoms with Crippen LogP contribution in [0.5, 0.6) is 0 Å². The van der Waals surface area contributed by atoms with Gasteiger partial charge in [0.05, 0.1) is 18.7 Å². The zero-order valence-electron chi connectivity index (χ0n) is 12.0. The molecule has 0 aliphatic heterocycles. The van der Waals surface area contributed by atoms with Crippen LogP contribution < -0.4 is 0 Å². The summed E-state index contributed by atoms with van der Waals surface area (Å²) in [5, 5.41) is 4.35. The van der Waals surface area contributed by atoms with Gasteiger partial charge in [-0.1, -0.05) is 12.1 Å². The minimum atomic E-state index is -0.430. The summed E-state index contributed by atoms with van der Waals surface area (Å²) in [5.74, 6) is -1.11. The summed E-state index contributed by atoms with van der Waals surface area (Å²) >= 11 is 0. The number of methoxy groups -OCH3 is 1. The van der Waals surface area contributed by atoms with Crippen LogP contribution in [-0.4, -0.2) is 22.9 Å². The molecule has 0 fully saturated rings. The first-order valence-electron chi connectivity index (χ1n) is 6.36. The lowest BCUT2D eigenvalue weighted by molar-refractivity contribution is -0.142. The van der Waals surface area contributed by atoms with Gasteiger partial charge < -0.3 is 4.74 Å². The fourth-order valence-electron chi connectivity index (χ4n) is 2.43. The van der Waals surface area contributed by atoms with Crippen molar-refractivity contribution in [3.8, 4) is 5.69 Å². The average Bonchev–Trinajstić information content (AvgIpc) is 2.73. The van der Waals surface area contributed by atoms with E-state index in [1.807, 2.05) is 6.92 Å². The summed E-state index contributed by atoms with van der Waals surface area (Å²) in [5.41, 5.74) is 2.59. The Hall–Kier alpha value is -2.17. The van der Waals surface area contributed by atoms with Gasteiger partial charge in [0.1, 0.15) is 11.5 Å². The number of esters is 1. The van der Waals surface area contributed by atoms with Gasteiger partial charge in [-0.3, -0.25) is 4.79 Å². The number of carbonyl (C=O) groups excluding carboxylic acids is 1. The second-order valence-electron chi connectivity index (χ2n) is 4.69. The number of hydrogen-bond donors (Lipinski definition) is 0. The highest BCUT2D eigenvalue weighted by atomic mass is 19.1. The first-order chi connectivity index (χ1) is 9.47. The molecule has 5 heteroatoms. The molecule has 1 aromatic carbocycles. The van der Waals surface area contributed by atoms with Crippen LogP contribution in [0, 0.1) is 19.7 Å². The van der Waals surface area contributed by atoms with E-state index in [0.29, 0.717) is 11.4 Å². The Kier molecular flexibility index (Phi) is 3.88. The molecule has 0 saturated heterocycles. The van der Waals surface area contributed by atoms with E-state index in [-0.39, 0.29) is 11.8 Å². The van der Waals surface area contributed by atoms with E-state index in [4.69, 9.17) is 4.74 Å². The van der Waals surface area contributed by atoms with Crippen LogP contribution in [0.15, 0.2) is 24.3 Å². The molecule has 20 heavy (non-hydrogen) atoms. The molecule has 4 nitrogen and oxygen atoms in total. The first kappa shape index (κ1) is 14.2. The Morgan fingerprint density at radius 2 is 2.00 bits per heavy atom. The van der Waals surface area contributed by atoms with Crippen LogP contribution in [0.3, 0.4) is 0 Å². The van der Waals surface area contributed by atoms with Crippen molar-refractivity contribution < 1.29 is 13.9 Å². The van der Waals surface area contributed by atoms with Gasteiger partial charge in [-0.05, 0) is 32.9 Å². The number of halogens is 1. The molecule has 106 valence electrons. The summed E-state index contributed by atoms with van der Waals surface area (Å²) in [4.78, 5) is 11.7. The molecule has 1 unspecified atom stereocenters. The Bertz CT molecular complexity index is 649. The van der Waals surface area contributed by atoms with E-state index in [2.05, 4.69) is 5.10 Å². The predicted octanol–water partition coefficient (Wildman–Crippen LogP) is 2.90. The molecule has 1 aromatic heterocycles. The predicted molar refractivity (Wildman–Crippen MR) is 73.4 cm³/mol. The third-order valence-electron chi connectivity index (χ3n) is 3.42. The van der Waals surface area contributed by atoms with Crippen molar-refractivity contribution >= 4 is 5.97 Å². The lowest BCUT2D eigenvalue weighted by Gasteiger charge is -2.10. The number of hydrogen-bond acceptors (Lipinski definition) is 3. The van der Waals surface area contributed by atoms with Crippen molar-refractivity contribution in [3.05, 3.63) is 47.0 Å². The first-order valence-corrected chi connectivity index (χ1v) is 6.36. The topological polar surface area (TPSA) is 44.1 Å². The van der Waals surface area contributed by atoms with Crippen LogP contribution in [-0.2, 0) is 9.53 Å². The number of aromatic nitrogens is 2. The number of aryl methyl sites for hydroxylation is 1. The molecule has 1 atom stereocenters. The fraction of sp³-hybridized carbons (Fsp3) is 0.333. The summed E-state index contributed by atoms with van der Waals surface area (Å²) in [6.45, 7) is 5.38. The van der Waals surface area contributed by atoms with Gasteiger partial charge in [0.15, 0.2) is 0 Å². The third kappa shape index (κ3) is 2.31. The molecule has 1 heterocycles. The van der Waals surface area contributed by atoms with Crippen molar-refractivity contribution in [3.63, 3.8) is 0 Å². The Morgan fingerprint density at radius 3 is 2.60 bits per heavy atom. The Labute approximate surface area is 117 Å². The number of benzene rings is 1. The van der Waals surface area contributed by atoms with Gasteiger partial charge in [0, 0.05) is 11.3 Å². The smallest absolute Gasteiger partial charge is 0.312 e. The SMILES string of the molecule is COC(=O)C(C)c1c(C)nn(-c2ccccc2F)c1C. The van der Waals surface area contributed by atoms with E-state index in [0.717, 1.165) is 11.3 Å². The largest absolute Gasteiger partial charge is 0.469 e. The van der Waals surface area contributed by atoms with Gasteiger partial charge in [-0.2, -0.15) is 5.10 Å². The monoisotopic (exact) mass is 276 g/mol. The normalized spacial score (nSPS) is 12.2. The van der Waals surface area contributed by atoms with Gasteiger partial charge in [-0.15, -0.1) is 0 Å². The summed E-state index contributed by atoms with van der Waals surface area (Å²) < 4.78 is 20.2. The molecule has 0 aliphatic carbocycles. The number of para-hydroxylation sites is 1. The van der Waals surface area contributed by atoms with Gasteiger partial charge in [0.2, 0.25) is 0 Å². The van der Waals surface area contributed by atoms with E-state index in [9.17, 15) is 9.18 Å². The number of rotatable bonds is 3. The molecule has 0 saturated carbocycles. The second kappa shape index (κ2) is 5.45. The summed E-state index contributed by atoms with van der Waals surface area (Å²) in [7, 11) is 1.35. The van der Waals surface area contributed by atoms with Crippen LogP contribution in [0.2, 0.25) is 0 Å². The van der Waals surface area contributed by atoms with E-state index in [1.54, 1.807) is 32.0 Å². The standard InChI is InChI=1S/C15H17FN2O2/c1-9(15(19)20-4)14-10(2)17-18(11(14)3)13-8-6-5-7-12(13)16/h5-9H,1-4H3. The molecular weight excluding hydrogens is 259 g/mol. The van der Waals surface area contributed by atoms with Gasteiger partial charge in [-0.25, -0.2) is 9.07 Å². The number of nitrogens with zero attached hydrogens (tertiary/aromatic N) is 2. The highest BCUT2D eigenvalue weighted by Crippen LogP contribution is 2.27. The highest BCUT2D eigenvalue weighted by Gasteiger charge is 2.24.